The molecule has 1 atom stereocenters. The summed E-state index contributed by atoms with van der Waals surface area (Å²) in [5.41, 5.74) is -0.892. The lowest BCUT2D eigenvalue weighted by molar-refractivity contribution is -0.906. The number of para-hydroxylation sites is 2. The molecule has 7 nitrogen and oxygen atoms in total. The lowest BCUT2D eigenvalue weighted by Crippen LogP contribution is -3.11. The number of benzene rings is 2. The average molecular weight is 449 g/mol. The summed E-state index contributed by atoms with van der Waals surface area (Å²) in [5.74, 6) is 0.481. The number of anilines is 1. The van der Waals surface area contributed by atoms with Gasteiger partial charge in [-0.05, 0) is 36.8 Å². The van der Waals surface area contributed by atoms with E-state index in [4.69, 9.17) is 4.74 Å². The Hall–Kier alpha value is -3.40. The zero-order chi connectivity index (χ0) is 23.3. The first-order chi connectivity index (χ1) is 15.2. The molecule has 0 saturated heterocycles. The van der Waals surface area contributed by atoms with Crippen LogP contribution in [0, 0.1) is 0 Å². The van der Waals surface area contributed by atoms with E-state index in [-0.39, 0.29) is 35.7 Å². The van der Waals surface area contributed by atoms with E-state index in [0.717, 1.165) is 29.5 Å². The van der Waals surface area contributed by atoms with Crippen molar-refractivity contribution in [1.82, 2.24) is 9.97 Å². The van der Waals surface area contributed by atoms with Crippen molar-refractivity contribution < 1.29 is 27.6 Å². The molecule has 0 fully saturated rings. The van der Waals surface area contributed by atoms with Crippen molar-refractivity contribution >= 4 is 22.5 Å². The van der Waals surface area contributed by atoms with E-state index in [1.807, 2.05) is 6.92 Å². The smallest absolute Gasteiger partial charge is 0.416 e. The summed E-state index contributed by atoms with van der Waals surface area (Å²) >= 11 is 0. The van der Waals surface area contributed by atoms with Gasteiger partial charge in [-0.3, -0.25) is 9.59 Å². The average Bonchev–Trinajstić information content (AvgIpc) is 2.73. The quantitative estimate of drug-likeness (QED) is 0.493. The van der Waals surface area contributed by atoms with Crippen LogP contribution in [-0.4, -0.2) is 36.1 Å². The minimum atomic E-state index is -4.53. The highest BCUT2D eigenvalue weighted by molar-refractivity contribution is 5.92. The number of carbonyl (C=O) groups is 1. The number of fused-ring (bicyclic) bond motifs is 1. The number of methoxy groups -OCH3 is 1. The van der Waals surface area contributed by atoms with Gasteiger partial charge in [0.25, 0.3) is 11.5 Å². The first-order valence-electron chi connectivity index (χ1n) is 10.1. The number of amides is 1. The predicted octanol–water partition coefficient (Wildman–Crippen LogP) is 2.38. The summed E-state index contributed by atoms with van der Waals surface area (Å²) in [6.45, 7) is 2.80. The van der Waals surface area contributed by atoms with Gasteiger partial charge in [0.05, 0.1) is 35.8 Å². The van der Waals surface area contributed by atoms with Crippen LogP contribution >= 0.6 is 0 Å². The van der Waals surface area contributed by atoms with Crippen LogP contribution in [0.25, 0.3) is 10.9 Å². The minimum Gasteiger partial charge on any atom is -0.495 e. The van der Waals surface area contributed by atoms with E-state index < -0.39 is 17.3 Å². The molecule has 2 aromatic carbocycles. The number of ether oxygens (including phenoxy) is 1. The van der Waals surface area contributed by atoms with E-state index in [9.17, 15) is 22.8 Å². The van der Waals surface area contributed by atoms with Gasteiger partial charge in [0.1, 0.15) is 12.3 Å². The van der Waals surface area contributed by atoms with Crippen molar-refractivity contribution in [2.45, 2.75) is 26.1 Å². The Labute approximate surface area is 182 Å². The van der Waals surface area contributed by atoms with Crippen LogP contribution in [-0.2, 0) is 17.5 Å². The van der Waals surface area contributed by atoms with Gasteiger partial charge in [-0.15, -0.1) is 0 Å². The van der Waals surface area contributed by atoms with E-state index in [2.05, 4.69) is 15.3 Å². The Morgan fingerprint density at radius 1 is 1.22 bits per heavy atom. The predicted molar refractivity (Wildman–Crippen MR) is 114 cm³/mol. The Kier molecular flexibility index (Phi) is 7.14. The molecule has 0 aliphatic heterocycles. The summed E-state index contributed by atoms with van der Waals surface area (Å²) in [6.07, 6.45) is -3.78. The molecule has 32 heavy (non-hydrogen) atoms. The minimum absolute atomic E-state index is 0.0344. The first kappa shape index (κ1) is 23.3. The second kappa shape index (κ2) is 9.82. The SMILES string of the molecule is CCC[NH+](CC(=O)Nc1ccccc1OC)Cc1nc2cc(C(F)(F)F)ccc2c(=O)[nH]1. The van der Waals surface area contributed by atoms with Gasteiger partial charge in [-0.25, -0.2) is 4.98 Å². The highest BCUT2D eigenvalue weighted by Gasteiger charge is 2.31. The lowest BCUT2D eigenvalue weighted by Gasteiger charge is -2.18. The molecule has 0 saturated carbocycles. The molecular weight excluding hydrogens is 425 g/mol. The van der Waals surface area contributed by atoms with Crippen molar-refractivity contribution in [2.24, 2.45) is 0 Å². The van der Waals surface area contributed by atoms with Crippen LogP contribution in [0.2, 0.25) is 0 Å². The lowest BCUT2D eigenvalue weighted by atomic mass is 10.1. The monoisotopic (exact) mass is 449 g/mol. The number of aromatic amines is 1. The molecule has 0 aliphatic carbocycles. The van der Waals surface area contributed by atoms with Crippen LogP contribution in [0.15, 0.2) is 47.3 Å². The van der Waals surface area contributed by atoms with E-state index in [1.54, 1.807) is 24.3 Å². The fourth-order valence-electron chi connectivity index (χ4n) is 3.45. The topological polar surface area (TPSA) is 88.5 Å². The normalized spacial score (nSPS) is 12.5. The van der Waals surface area contributed by atoms with Crippen LogP contribution in [0.3, 0.4) is 0 Å². The third-order valence-electron chi connectivity index (χ3n) is 4.90. The van der Waals surface area contributed by atoms with Gasteiger partial charge >= 0.3 is 6.18 Å². The number of rotatable bonds is 8. The third-order valence-corrected chi connectivity index (χ3v) is 4.90. The third kappa shape index (κ3) is 5.64. The molecule has 0 aliphatic rings. The summed E-state index contributed by atoms with van der Waals surface area (Å²) in [4.78, 5) is 32.6. The maximum absolute atomic E-state index is 13.0. The van der Waals surface area contributed by atoms with Crippen molar-refractivity contribution in [3.05, 3.63) is 64.2 Å². The van der Waals surface area contributed by atoms with Gasteiger partial charge in [0, 0.05) is 0 Å². The molecule has 0 bridgehead atoms. The first-order valence-corrected chi connectivity index (χ1v) is 10.1. The van der Waals surface area contributed by atoms with Crippen molar-refractivity contribution in [3.8, 4) is 5.75 Å². The molecule has 1 aromatic heterocycles. The molecule has 1 amide bonds. The number of H-pyrrole nitrogens is 1. The highest BCUT2D eigenvalue weighted by atomic mass is 19.4. The number of hydrogen-bond acceptors (Lipinski definition) is 4. The fraction of sp³-hybridized carbons (Fsp3) is 0.318. The van der Waals surface area contributed by atoms with Gasteiger partial charge in [0.15, 0.2) is 12.4 Å². The summed E-state index contributed by atoms with van der Waals surface area (Å²) in [5, 5.41) is 2.88. The van der Waals surface area contributed by atoms with Crippen LogP contribution in [0.4, 0.5) is 18.9 Å². The van der Waals surface area contributed by atoms with Gasteiger partial charge in [-0.1, -0.05) is 19.1 Å². The molecule has 3 aromatic rings. The Morgan fingerprint density at radius 2 is 1.97 bits per heavy atom. The Morgan fingerprint density at radius 3 is 2.66 bits per heavy atom. The summed E-state index contributed by atoms with van der Waals surface area (Å²) in [6, 6.07) is 9.84. The highest BCUT2D eigenvalue weighted by Crippen LogP contribution is 2.30. The van der Waals surface area contributed by atoms with Crippen molar-refractivity contribution in [2.75, 3.05) is 25.5 Å². The zero-order valence-corrected chi connectivity index (χ0v) is 17.7. The van der Waals surface area contributed by atoms with E-state index >= 15 is 0 Å². The van der Waals surface area contributed by atoms with Crippen LogP contribution in [0.5, 0.6) is 5.75 Å². The second-order valence-electron chi connectivity index (χ2n) is 7.34. The Bertz CT molecular complexity index is 1160. The molecule has 0 spiro atoms. The maximum Gasteiger partial charge on any atom is 0.416 e. The number of hydrogen-bond donors (Lipinski definition) is 3. The molecule has 1 unspecified atom stereocenters. The largest absolute Gasteiger partial charge is 0.495 e. The molecule has 3 N–H and O–H groups in total. The van der Waals surface area contributed by atoms with E-state index in [0.29, 0.717) is 18.0 Å². The number of nitrogens with zero attached hydrogens (tertiary/aromatic N) is 1. The Balaban J connectivity index is 1.80. The van der Waals surface area contributed by atoms with Gasteiger partial charge in [-0.2, -0.15) is 13.2 Å². The van der Waals surface area contributed by atoms with Crippen LogP contribution < -0.4 is 20.5 Å². The van der Waals surface area contributed by atoms with Crippen molar-refractivity contribution in [1.29, 1.82) is 0 Å². The maximum atomic E-state index is 13.0. The number of carbonyl (C=O) groups excluding carboxylic acids is 1. The summed E-state index contributed by atoms with van der Waals surface area (Å²) in [7, 11) is 1.51. The molecule has 10 heteroatoms. The standard InChI is InChI=1S/C22H23F3N4O3/c1-3-10-29(13-20(30)27-16-6-4-5-7-18(16)32-2)12-19-26-17-11-14(22(23,24)25)8-9-15(17)21(31)28-19/h4-9,11H,3,10,12-13H2,1-2H3,(H,27,30)(H,26,28,31)/p+1. The van der Waals surface area contributed by atoms with Crippen molar-refractivity contribution in [3.63, 3.8) is 0 Å². The van der Waals surface area contributed by atoms with Crippen LogP contribution in [0.1, 0.15) is 24.7 Å². The summed E-state index contributed by atoms with van der Waals surface area (Å²) < 4.78 is 44.3. The second-order valence-corrected chi connectivity index (χ2v) is 7.34. The number of quaternary nitrogens is 1. The number of alkyl halides is 3. The van der Waals surface area contributed by atoms with Gasteiger partial charge < -0.3 is 19.9 Å². The molecule has 170 valence electrons. The zero-order valence-electron chi connectivity index (χ0n) is 17.7. The fourth-order valence-corrected chi connectivity index (χ4v) is 3.45. The van der Waals surface area contributed by atoms with E-state index in [1.165, 1.54) is 7.11 Å². The number of aromatic nitrogens is 2. The number of nitrogens with one attached hydrogen (secondary N) is 3. The molecule has 1 heterocycles. The molecule has 3 rings (SSSR count). The number of halogens is 3. The van der Waals surface area contributed by atoms with Gasteiger partial charge in [0.2, 0.25) is 0 Å². The molecular formula is C22H24F3N4O3+. The molecule has 0 radical (unpaired) electrons.